The van der Waals surface area contributed by atoms with Crippen LogP contribution in [-0.2, 0) is 9.16 Å². The van der Waals surface area contributed by atoms with Gasteiger partial charge in [0.1, 0.15) is 12.2 Å². The van der Waals surface area contributed by atoms with Gasteiger partial charge in [0.2, 0.25) is 0 Å². The predicted octanol–water partition coefficient (Wildman–Crippen LogP) is 3.05. The van der Waals surface area contributed by atoms with Crippen molar-refractivity contribution in [3.8, 4) is 0 Å². The molecule has 0 aliphatic carbocycles. The molecule has 3 nitrogen and oxygen atoms in total. The lowest BCUT2D eigenvalue weighted by atomic mass is 10.1. The van der Waals surface area contributed by atoms with Crippen molar-refractivity contribution in [2.75, 3.05) is 5.33 Å². The minimum absolute atomic E-state index is 0.142. The number of hydrogen-bond acceptors (Lipinski definition) is 3. The molecule has 17 heavy (non-hydrogen) atoms. The van der Waals surface area contributed by atoms with E-state index < -0.39 is 14.4 Å². The summed E-state index contributed by atoms with van der Waals surface area (Å²) in [7, 11) is -1.86. The number of rotatable bonds is 3. The summed E-state index contributed by atoms with van der Waals surface area (Å²) in [5, 5.41) is 10.9. The summed E-state index contributed by atoms with van der Waals surface area (Å²) in [6.07, 6.45) is 2.36. The van der Waals surface area contributed by atoms with E-state index in [1.807, 2.05) is 6.08 Å². The maximum atomic E-state index is 10.1. The zero-order chi connectivity index (χ0) is 13.3. The maximum absolute atomic E-state index is 10.1. The van der Waals surface area contributed by atoms with E-state index in [0.717, 1.165) is 0 Å². The summed E-state index contributed by atoms with van der Waals surface area (Å²) in [5.41, 5.74) is 0. The normalized spacial score (nSPS) is 30.2. The summed E-state index contributed by atoms with van der Waals surface area (Å²) in [4.78, 5) is 0. The average Bonchev–Trinajstić information content (AvgIpc) is 2.19. The lowest BCUT2D eigenvalue weighted by molar-refractivity contribution is -0.0472. The van der Waals surface area contributed by atoms with Crippen molar-refractivity contribution in [1.29, 1.82) is 0 Å². The van der Waals surface area contributed by atoms with Crippen molar-refractivity contribution in [3.05, 3.63) is 12.3 Å². The Morgan fingerprint density at radius 2 is 2.00 bits per heavy atom. The first-order valence-corrected chi connectivity index (χ1v) is 9.96. The zero-order valence-corrected chi connectivity index (χ0v) is 13.8. The number of aliphatic hydroxyl groups is 1. The summed E-state index contributed by atoms with van der Waals surface area (Å²) in [6.45, 7) is 10.9. The average molecular weight is 323 g/mol. The SMILES string of the molecule is CC(C)(C)[Si](C)(C)O[C@@H]1C=CO[C@H](CBr)[C@H]1O. The van der Waals surface area contributed by atoms with Crippen LogP contribution in [-0.4, -0.2) is 37.1 Å². The van der Waals surface area contributed by atoms with Gasteiger partial charge in [-0.1, -0.05) is 36.7 Å². The molecule has 0 saturated heterocycles. The lowest BCUT2D eigenvalue weighted by Gasteiger charge is -2.41. The molecule has 0 aromatic heterocycles. The van der Waals surface area contributed by atoms with Crippen LogP contribution in [0.25, 0.3) is 0 Å². The van der Waals surface area contributed by atoms with Crippen LogP contribution in [0.4, 0.5) is 0 Å². The molecule has 1 aliphatic heterocycles. The fraction of sp³-hybridized carbons (Fsp3) is 0.833. The van der Waals surface area contributed by atoms with E-state index >= 15 is 0 Å². The highest BCUT2D eigenvalue weighted by Gasteiger charge is 2.42. The molecule has 3 atom stereocenters. The van der Waals surface area contributed by atoms with E-state index in [1.165, 1.54) is 0 Å². The van der Waals surface area contributed by atoms with Gasteiger partial charge in [-0.05, 0) is 24.2 Å². The van der Waals surface area contributed by atoms with Crippen LogP contribution in [0.5, 0.6) is 0 Å². The molecule has 100 valence electrons. The van der Waals surface area contributed by atoms with Crippen LogP contribution in [0.2, 0.25) is 18.1 Å². The van der Waals surface area contributed by atoms with Gasteiger partial charge in [-0.2, -0.15) is 0 Å². The molecule has 1 heterocycles. The highest BCUT2D eigenvalue weighted by Crippen LogP contribution is 2.38. The standard InChI is InChI=1S/C12H23BrO3Si/c1-12(2,3)17(4,5)16-9-6-7-15-10(8-13)11(9)14/h6-7,9-11,14H,8H2,1-5H3/t9-,10-,11+/m1/s1. The second kappa shape index (κ2) is 5.43. The summed E-state index contributed by atoms with van der Waals surface area (Å²) in [6, 6.07) is 0. The number of alkyl halides is 1. The topological polar surface area (TPSA) is 38.7 Å². The minimum Gasteiger partial charge on any atom is -0.495 e. The van der Waals surface area contributed by atoms with E-state index in [-0.39, 0.29) is 17.2 Å². The molecular formula is C12H23BrO3Si. The second-order valence-electron chi connectivity index (χ2n) is 5.99. The lowest BCUT2D eigenvalue weighted by Crippen LogP contribution is -2.50. The molecule has 0 aromatic rings. The molecule has 0 saturated carbocycles. The molecule has 1 N–H and O–H groups in total. The van der Waals surface area contributed by atoms with Crippen LogP contribution >= 0.6 is 15.9 Å². The molecule has 0 aromatic carbocycles. The Morgan fingerprint density at radius 1 is 1.41 bits per heavy atom. The Kier molecular flexibility index (Phi) is 4.86. The van der Waals surface area contributed by atoms with Gasteiger partial charge < -0.3 is 14.3 Å². The molecule has 0 amide bonds. The van der Waals surface area contributed by atoms with Gasteiger partial charge in [0.25, 0.3) is 0 Å². The van der Waals surface area contributed by atoms with Gasteiger partial charge in [0, 0.05) is 5.33 Å². The number of aliphatic hydroxyl groups excluding tert-OH is 1. The van der Waals surface area contributed by atoms with Crippen LogP contribution in [0.1, 0.15) is 20.8 Å². The summed E-state index contributed by atoms with van der Waals surface area (Å²) in [5.74, 6) is 0. The van der Waals surface area contributed by atoms with Crippen molar-refractivity contribution < 1.29 is 14.3 Å². The van der Waals surface area contributed by atoms with Crippen LogP contribution < -0.4 is 0 Å². The van der Waals surface area contributed by atoms with Crippen molar-refractivity contribution in [2.24, 2.45) is 0 Å². The van der Waals surface area contributed by atoms with E-state index in [2.05, 4.69) is 49.8 Å². The fourth-order valence-electron chi connectivity index (χ4n) is 1.38. The van der Waals surface area contributed by atoms with E-state index in [4.69, 9.17) is 9.16 Å². The summed E-state index contributed by atoms with van der Waals surface area (Å²) < 4.78 is 11.5. The fourth-order valence-corrected chi connectivity index (χ4v) is 3.17. The van der Waals surface area contributed by atoms with Crippen LogP contribution in [0.3, 0.4) is 0 Å². The molecule has 0 fully saturated rings. The molecule has 1 rings (SSSR count). The summed E-state index contributed by atoms with van der Waals surface area (Å²) >= 11 is 3.33. The van der Waals surface area contributed by atoms with Gasteiger partial charge >= 0.3 is 0 Å². The van der Waals surface area contributed by atoms with Gasteiger partial charge in [0.05, 0.1) is 12.4 Å². The van der Waals surface area contributed by atoms with E-state index in [0.29, 0.717) is 5.33 Å². The first-order chi connectivity index (χ1) is 7.69. The van der Waals surface area contributed by atoms with Crippen LogP contribution in [0, 0.1) is 0 Å². The van der Waals surface area contributed by atoms with Gasteiger partial charge in [0.15, 0.2) is 8.32 Å². The third-order valence-electron chi connectivity index (χ3n) is 3.63. The Bertz CT molecular complexity index is 286. The highest BCUT2D eigenvalue weighted by molar-refractivity contribution is 9.09. The van der Waals surface area contributed by atoms with E-state index in [1.54, 1.807) is 6.26 Å². The molecular weight excluding hydrogens is 300 g/mol. The van der Waals surface area contributed by atoms with E-state index in [9.17, 15) is 5.11 Å². The Morgan fingerprint density at radius 3 is 2.47 bits per heavy atom. The predicted molar refractivity (Wildman–Crippen MR) is 75.9 cm³/mol. The molecule has 0 spiro atoms. The van der Waals surface area contributed by atoms with Crippen molar-refractivity contribution >= 4 is 24.2 Å². The first-order valence-electron chi connectivity index (χ1n) is 5.93. The van der Waals surface area contributed by atoms with Gasteiger partial charge in [-0.15, -0.1) is 0 Å². The second-order valence-corrected chi connectivity index (χ2v) is 11.4. The third kappa shape index (κ3) is 3.56. The smallest absolute Gasteiger partial charge is 0.193 e. The minimum atomic E-state index is -1.86. The largest absolute Gasteiger partial charge is 0.495 e. The number of ether oxygens (including phenoxy) is 1. The van der Waals surface area contributed by atoms with Gasteiger partial charge in [-0.25, -0.2) is 0 Å². The Labute approximate surface area is 113 Å². The molecule has 0 unspecified atom stereocenters. The zero-order valence-electron chi connectivity index (χ0n) is 11.2. The quantitative estimate of drug-likeness (QED) is 0.641. The maximum Gasteiger partial charge on any atom is 0.193 e. The van der Waals surface area contributed by atoms with Crippen LogP contribution in [0.15, 0.2) is 12.3 Å². The Balaban J connectivity index is 2.75. The molecule has 1 aliphatic rings. The first kappa shape index (κ1) is 15.2. The van der Waals surface area contributed by atoms with Crippen molar-refractivity contribution in [3.63, 3.8) is 0 Å². The third-order valence-corrected chi connectivity index (χ3v) is 8.74. The Hall–Kier alpha value is 0.157. The van der Waals surface area contributed by atoms with Gasteiger partial charge in [-0.3, -0.25) is 0 Å². The number of halogens is 1. The molecule has 0 radical (unpaired) electrons. The van der Waals surface area contributed by atoms with Crippen molar-refractivity contribution in [1.82, 2.24) is 0 Å². The molecule has 0 bridgehead atoms. The molecule has 5 heteroatoms. The monoisotopic (exact) mass is 322 g/mol. The number of hydrogen-bond donors (Lipinski definition) is 1. The van der Waals surface area contributed by atoms with Crippen molar-refractivity contribution in [2.45, 2.75) is 57.2 Å². The highest BCUT2D eigenvalue weighted by atomic mass is 79.9.